The van der Waals surface area contributed by atoms with E-state index in [2.05, 4.69) is 34.5 Å². The van der Waals surface area contributed by atoms with Crippen LogP contribution in [0.3, 0.4) is 0 Å². The molecule has 18 heavy (non-hydrogen) atoms. The molecule has 0 bridgehead atoms. The van der Waals surface area contributed by atoms with E-state index in [-0.39, 0.29) is 6.03 Å². The van der Waals surface area contributed by atoms with Crippen molar-refractivity contribution in [2.45, 2.75) is 13.3 Å². The highest BCUT2D eigenvalue weighted by molar-refractivity contribution is 7.17. The summed E-state index contributed by atoms with van der Waals surface area (Å²) in [5.74, 6) is 0.567. The second kappa shape index (κ2) is 5.64. The number of thiophene rings is 1. The summed E-state index contributed by atoms with van der Waals surface area (Å²) in [6, 6.07) is 3.52. The number of aromatic nitrogens is 1. The first-order chi connectivity index (χ1) is 8.74. The van der Waals surface area contributed by atoms with E-state index in [1.165, 1.54) is 5.56 Å². The quantitative estimate of drug-likeness (QED) is 0.831. The molecule has 4 nitrogen and oxygen atoms in total. The molecule has 0 atom stereocenters. The van der Waals surface area contributed by atoms with Gasteiger partial charge in [0.25, 0.3) is 0 Å². The van der Waals surface area contributed by atoms with Gasteiger partial charge in [-0.1, -0.05) is 13.0 Å². The SMILES string of the molecule is C=CCNC(=O)Nc1ccc2scc(CC)c2n1. The first kappa shape index (κ1) is 12.6. The smallest absolute Gasteiger partial charge is 0.320 e. The van der Waals surface area contributed by atoms with Crippen LogP contribution in [0.2, 0.25) is 0 Å². The highest BCUT2D eigenvalue weighted by Crippen LogP contribution is 2.25. The van der Waals surface area contributed by atoms with Gasteiger partial charge in [-0.2, -0.15) is 0 Å². The van der Waals surface area contributed by atoms with Gasteiger partial charge in [0, 0.05) is 6.54 Å². The van der Waals surface area contributed by atoms with E-state index in [0.717, 1.165) is 16.6 Å². The van der Waals surface area contributed by atoms with Crippen molar-refractivity contribution in [2.24, 2.45) is 0 Å². The zero-order valence-electron chi connectivity index (χ0n) is 10.2. The maximum Gasteiger partial charge on any atom is 0.320 e. The minimum Gasteiger partial charge on any atom is -0.334 e. The van der Waals surface area contributed by atoms with Crippen LogP contribution < -0.4 is 10.6 Å². The topological polar surface area (TPSA) is 54.0 Å². The van der Waals surface area contributed by atoms with E-state index >= 15 is 0 Å². The van der Waals surface area contributed by atoms with Gasteiger partial charge in [-0.25, -0.2) is 9.78 Å². The standard InChI is InChI=1S/C13H15N3OS/c1-3-7-14-13(17)16-11-6-5-10-12(15-11)9(4-2)8-18-10/h3,5-6,8H,1,4,7H2,2H3,(H2,14,15,16,17). The van der Waals surface area contributed by atoms with Crippen LogP contribution in [0.1, 0.15) is 12.5 Å². The summed E-state index contributed by atoms with van der Waals surface area (Å²) in [5.41, 5.74) is 2.19. The predicted octanol–water partition coefficient (Wildman–Crippen LogP) is 3.17. The minimum atomic E-state index is -0.268. The highest BCUT2D eigenvalue weighted by Gasteiger charge is 2.07. The largest absolute Gasteiger partial charge is 0.334 e. The number of carbonyl (C=O) groups excluding carboxylic acids is 1. The molecule has 2 heterocycles. The Hall–Kier alpha value is -1.88. The predicted molar refractivity (Wildman–Crippen MR) is 76.2 cm³/mol. The van der Waals surface area contributed by atoms with E-state index in [9.17, 15) is 4.79 Å². The van der Waals surface area contributed by atoms with Gasteiger partial charge in [0.15, 0.2) is 0 Å². The Morgan fingerprint density at radius 3 is 3.11 bits per heavy atom. The molecule has 0 aliphatic carbocycles. The highest BCUT2D eigenvalue weighted by atomic mass is 32.1. The van der Waals surface area contributed by atoms with Gasteiger partial charge < -0.3 is 5.32 Å². The lowest BCUT2D eigenvalue weighted by molar-refractivity contribution is 0.253. The van der Waals surface area contributed by atoms with Crippen molar-refractivity contribution in [2.75, 3.05) is 11.9 Å². The van der Waals surface area contributed by atoms with Crippen LogP contribution in [0, 0.1) is 0 Å². The van der Waals surface area contributed by atoms with E-state index in [4.69, 9.17) is 0 Å². The summed E-state index contributed by atoms with van der Waals surface area (Å²) in [4.78, 5) is 16.0. The maximum absolute atomic E-state index is 11.5. The minimum absolute atomic E-state index is 0.268. The van der Waals surface area contributed by atoms with Gasteiger partial charge in [0.1, 0.15) is 5.82 Å². The third-order valence-electron chi connectivity index (χ3n) is 2.52. The summed E-state index contributed by atoms with van der Waals surface area (Å²) in [6.45, 7) is 6.07. The third kappa shape index (κ3) is 2.68. The lowest BCUT2D eigenvalue weighted by atomic mass is 10.2. The molecular formula is C13H15N3OS. The number of fused-ring (bicyclic) bond motifs is 1. The van der Waals surface area contributed by atoms with E-state index in [1.807, 2.05) is 12.1 Å². The van der Waals surface area contributed by atoms with Crippen molar-refractivity contribution in [3.05, 3.63) is 35.7 Å². The van der Waals surface area contributed by atoms with Gasteiger partial charge in [-0.05, 0) is 29.5 Å². The van der Waals surface area contributed by atoms with Crippen LogP contribution in [0.4, 0.5) is 10.6 Å². The first-order valence-electron chi connectivity index (χ1n) is 5.77. The number of pyridine rings is 1. The van der Waals surface area contributed by atoms with Gasteiger partial charge in [-0.3, -0.25) is 5.32 Å². The molecule has 0 aromatic carbocycles. The third-order valence-corrected chi connectivity index (χ3v) is 3.51. The maximum atomic E-state index is 11.5. The van der Waals surface area contributed by atoms with Crippen LogP contribution in [0.25, 0.3) is 10.2 Å². The van der Waals surface area contributed by atoms with Crippen molar-refractivity contribution >= 4 is 33.4 Å². The van der Waals surface area contributed by atoms with Gasteiger partial charge in [0.2, 0.25) is 0 Å². The van der Waals surface area contributed by atoms with Crippen LogP contribution >= 0.6 is 11.3 Å². The van der Waals surface area contributed by atoms with Crippen molar-refractivity contribution in [1.82, 2.24) is 10.3 Å². The Bertz CT molecular complexity index is 577. The fraction of sp³-hybridized carbons (Fsp3) is 0.231. The van der Waals surface area contributed by atoms with E-state index in [1.54, 1.807) is 17.4 Å². The van der Waals surface area contributed by atoms with Crippen LogP contribution in [-0.2, 0) is 6.42 Å². The number of carbonyl (C=O) groups is 1. The number of nitrogens with one attached hydrogen (secondary N) is 2. The lowest BCUT2D eigenvalue weighted by Crippen LogP contribution is -2.28. The van der Waals surface area contributed by atoms with Crippen molar-refractivity contribution in [1.29, 1.82) is 0 Å². The number of nitrogens with zero attached hydrogens (tertiary/aromatic N) is 1. The van der Waals surface area contributed by atoms with Crippen molar-refractivity contribution in [3.63, 3.8) is 0 Å². The number of rotatable bonds is 4. The molecule has 5 heteroatoms. The Morgan fingerprint density at radius 2 is 2.39 bits per heavy atom. The second-order valence-corrected chi connectivity index (χ2v) is 4.69. The number of amides is 2. The zero-order valence-corrected chi connectivity index (χ0v) is 11.0. The lowest BCUT2D eigenvalue weighted by Gasteiger charge is -2.05. The molecule has 0 saturated carbocycles. The van der Waals surface area contributed by atoms with Crippen LogP contribution in [0.5, 0.6) is 0 Å². The van der Waals surface area contributed by atoms with Gasteiger partial charge in [0.05, 0.1) is 10.2 Å². The Labute approximate surface area is 110 Å². The van der Waals surface area contributed by atoms with Gasteiger partial charge >= 0.3 is 6.03 Å². The molecule has 2 rings (SSSR count). The molecule has 94 valence electrons. The summed E-state index contributed by atoms with van der Waals surface area (Å²) in [7, 11) is 0. The Morgan fingerprint density at radius 1 is 1.56 bits per heavy atom. The molecule has 0 spiro atoms. The molecule has 0 aliphatic rings. The summed E-state index contributed by atoms with van der Waals surface area (Å²) in [6.07, 6.45) is 2.57. The fourth-order valence-corrected chi connectivity index (χ4v) is 2.59. The molecule has 0 saturated heterocycles. The number of hydrogen-bond donors (Lipinski definition) is 2. The average molecular weight is 261 g/mol. The first-order valence-corrected chi connectivity index (χ1v) is 6.65. The molecule has 0 aliphatic heterocycles. The fourth-order valence-electron chi connectivity index (χ4n) is 1.61. The monoisotopic (exact) mass is 261 g/mol. The molecule has 0 radical (unpaired) electrons. The molecular weight excluding hydrogens is 246 g/mol. The molecule has 2 amide bonds. The summed E-state index contributed by atoms with van der Waals surface area (Å²) in [5, 5.41) is 7.46. The number of anilines is 1. The molecule has 2 N–H and O–H groups in total. The van der Waals surface area contributed by atoms with E-state index in [0.29, 0.717) is 12.4 Å². The number of urea groups is 1. The molecule has 0 fully saturated rings. The van der Waals surface area contributed by atoms with Crippen LogP contribution in [0.15, 0.2) is 30.2 Å². The summed E-state index contributed by atoms with van der Waals surface area (Å²) < 4.78 is 1.14. The Kier molecular flexibility index (Phi) is 3.94. The normalized spacial score (nSPS) is 10.3. The van der Waals surface area contributed by atoms with Crippen molar-refractivity contribution in [3.8, 4) is 0 Å². The van der Waals surface area contributed by atoms with Gasteiger partial charge in [-0.15, -0.1) is 17.9 Å². The molecule has 2 aromatic heterocycles. The molecule has 2 aromatic rings. The summed E-state index contributed by atoms with van der Waals surface area (Å²) >= 11 is 1.68. The van der Waals surface area contributed by atoms with E-state index < -0.39 is 0 Å². The average Bonchev–Trinajstić information content (AvgIpc) is 2.78. The zero-order chi connectivity index (χ0) is 13.0. The van der Waals surface area contributed by atoms with Crippen molar-refractivity contribution < 1.29 is 4.79 Å². The number of hydrogen-bond acceptors (Lipinski definition) is 3. The number of aryl methyl sites for hydroxylation is 1. The van der Waals surface area contributed by atoms with Crippen LogP contribution in [-0.4, -0.2) is 17.6 Å². The molecule has 0 unspecified atom stereocenters. The second-order valence-electron chi connectivity index (χ2n) is 3.78. The Balaban J connectivity index is 2.18.